The van der Waals surface area contributed by atoms with Crippen LogP contribution in [-0.2, 0) is 0 Å². The number of amides is 1. The Labute approximate surface area is 104 Å². The quantitative estimate of drug-likeness (QED) is 0.775. The molecule has 2 rings (SSSR count). The Kier molecular flexibility index (Phi) is 3.90. The van der Waals surface area contributed by atoms with Crippen molar-refractivity contribution in [2.45, 2.75) is 6.92 Å². The number of carbonyl (C=O) groups excluding carboxylic acids is 1. The third-order valence-corrected chi connectivity index (χ3v) is 2.24. The van der Waals surface area contributed by atoms with Gasteiger partial charge in [-0.1, -0.05) is 0 Å². The number of nitrogens with one attached hydrogen (secondary N) is 2. The molecule has 0 aromatic carbocycles. The number of furan rings is 1. The van der Waals surface area contributed by atoms with E-state index >= 15 is 0 Å². The second-order valence-electron chi connectivity index (χ2n) is 3.68. The third-order valence-electron chi connectivity index (χ3n) is 2.24. The van der Waals surface area contributed by atoms with Crippen molar-refractivity contribution in [3.63, 3.8) is 0 Å². The zero-order valence-corrected chi connectivity index (χ0v) is 10.0. The molecule has 6 nitrogen and oxygen atoms in total. The molecule has 0 unspecified atom stereocenters. The van der Waals surface area contributed by atoms with E-state index in [2.05, 4.69) is 20.6 Å². The van der Waals surface area contributed by atoms with Crippen molar-refractivity contribution in [1.82, 2.24) is 15.3 Å². The van der Waals surface area contributed by atoms with Crippen LogP contribution in [0.3, 0.4) is 0 Å². The molecule has 6 heteroatoms. The second kappa shape index (κ2) is 5.81. The SMILES string of the molecule is Cc1ccc(C(=O)NCCNc2cnccn2)o1. The molecule has 0 aliphatic carbocycles. The molecule has 0 atom stereocenters. The maximum absolute atomic E-state index is 11.6. The first-order chi connectivity index (χ1) is 8.75. The normalized spacial score (nSPS) is 10.1. The average molecular weight is 246 g/mol. The molecule has 0 radical (unpaired) electrons. The number of aryl methyl sites for hydroxylation is 1. The standard InChI is InChI=1S/C12H14N4O2/c1-9-2-3-10(18-9)12(17)16-7-6-15-11-8-13-4-5-14-11/h2-5,8H,6-7H2,1H3,(H,14,15)(H,16,17). The number of hydrogen-bond acceptors (Lipinski definition) is 5. The van der Waals surface area contributed by atoms with E-state index < -0.39 is 0 Å². The number of rotatable bonds is 5. The van der Waals surface area contributed by atoms with Gasteiger partial charge in [-0.2, -0.15) is 0 Å². The van der Waals surface area contributed by atoms with Crippen LogP contribution in [0.5, 0.6) is 0 Å². The summed E-state index contributed by atoms with van der Waals surface area (Å²) in [7, 11) is 0. The van der Waals surface area contributed by atoms with Crippen LogP contribution < -0.4 is 10.6 Å². The van der Waals surface area contributed by atoms with E-state index in [9.17, 15) is 4.79 Å². The van der Waals surface area contributed by atoms with E-state index in [0.717, 1.165) is 5.76 Å². The summed E-state index contributed by atoms with van der Waals surface area (Å²) in [6, 6.07) is 3.41. The molecule has 0 bridgehead atoms. The molecule has 2 aromatic heterocycles. The highest BCUT2D eigenvalue weighted by Crippen LogP contribution is 2.05. The minimum atomic E-state index is -0.218. The van der Waals surface area contributed by atoms with Gasteiger partial charge in [-0.15, -0.1) is 0 Å². The number of anilines is 1. The van der Waals surface area contributed by atoms with Gasteiger partial charge in [0.2, 0.25) is 0 Å². The number of aromatic nitrogens is 2. The fraction of sp³-hybridized carbons (Fsp3) is 0.250. The van der Waals surface area contributed by atoms with Gasteiger partial charge in [-0.05, 0) is 19.1 Å². The molecular weight excluding hydrogens is 232 g/mol. The minimum Gasteiger partial charge on any atom is -0.456 e. The van der Waals surface area contributed by atoms with Crippen molar-refractivity contribution in [3.05, 3.63) is 42.2 Å². The van der Waals surface area contributed by atoms with E-state index in [1.807, 2.05) is 0 Å². The molecule has 0 saturated heterocycles. The molecule has 2 heterocycles. The molecule has 2 aromatic rings. The smallest absolute Gasteiger partial charge is 0.287 e. The van der Waals surface area contributed by atoms with E-state index in [4.69, 9.17) is 4.42 Å². The summed E-state index contributed by atoms with van der Waals surface area (Å²) >= 11 is 0. The van der Waals surface area contributed by atoms with Crippen molar-refractivity contribution in [2.75, 3.05) is 18.4 Å². The van der Waals surface area contributed by atoms with Gasteiger partial charge >= 0.3 is 0 Å². The zero-order valence-electron chi connectivity index (χ0n) is 10.0. The van der Waals surface area contributed by atoms with Crippen LogP contribution in [0.4, 0.5) is 5.82 Å². The summed E-state index contributed by atoms with van der Waals surface area (Å²) in [5.41, 5.74) is 0. The van der Waals surface area contributed by atoms with Gasteiger partial charge in [0.15, 0.2) is 5.76 Å². The monoisotopic (exact) mass is 246 g/mol. The van der Waals surface area contributed by atoms with Crippen LogP contribution in [0.2, 0.25) is 0 Å². The van der Waals surface area contributed by atoms with Gasteiger partial charge in [0.05, 0.1) is 6.20 Å². The lowest BCUT2D eigenvalue weighted by Crippen LogP contribution is -2.28. The van der Waals surface area contributed by atoms with Gasteiger partial charge in [-0.3, -0.25) is 9.78 Å². The molecule has 1 amide bonds. The minimum absolute atomic E-state index is 0.218. The van der Waals surface area contributed by atoms with Gasteiger partial charge in [0, 0.05) is 25.5 Å². The van der Waals surface area contributed by atoms with Crippen molar-refractivity contribution < 1.29 is 9.21 Å². The van der Waals surface area contributed by atoms with Crippen LogP contribution >= 0.6 is 0 Å². The van der Waals surface area contributed by atoms with Gasteiger partial charge in [0.25, 0.3) is 5.91 Å². The summed E-state index contributed by atoms with van der Waals surface area (Å²) in [6.45, 7) is 2.85. The zero-order chi connectivity index (χ0) is 12.8. The lowest BCUT2D eigenvalue weighted by atomic mass is 10.4. The van der Waals surface area contributed by atoms with Crippen LogP contribution in [0, 0.1) is 6.92 Å². The van der Waals surface area contributed by atoms with Gasteiger partial charge in [-0.25, -0.2) is 4.98 Å². The van der Waals surface area contributed by atoms with Gasteiger partial charge < -0.3 is 15.1 Å². The highest BCUT2D eigenvalue weighted by molar-refractivity contribution is 5.91. The van der Waals surface area contributed by atoms with Crippen molar-refractivity contribution in [1.29, 1.82) is 0 Å². The third kappa shape index (κ3) is 3.31. The molecular formula is C12H14N4O2. The highest BCUT2D eigenvalue weighted by Gasteiger charge is 2.08. The first kappa shape index (κ1) is 12.1. The van der Waals surface area contributed by atoms with E-state index in [-0.39, 0.29) is 5.91 Å². The van der Waals surface area contributed by atoms with Crippen molar-refractivity contribution >= 4 is 11.7 Å². The predicted octanol–water partition coefficient (Wildman–Crippen LogP) is 1.22. The van der Waals surface area contributed by atoms with Crippen LogP contribution in [-0.4, -0.2) is 29.0 Å². The predicted molar refractivity (Wildman–Crippen MR) is 66.3 cm³/mol. The lowest BCUT2D eigenvalue weighted by Gasteiger charge is -2.05. The topological polar surface area (TPSA) is 80.0 Å². The molecule has 18 heavy (non-hydrogen) atoms. The Morgan fingerprint density at radius 2 is 2.22 bits per heavy atom. The Bertz CT molecular complexity index is 510. The Balaban J connectivity index is 1.71. The summed E-state index contributed by atoms with van der Waals surface area (Å²) in [5, 5.41) is 5.78. The maximum Gasteiger partial charge on any atom is 0.287 e. The first-order valence-electron chi connectivity index (χ1n) is 5.60. The Morgan fingerprint density at radius 3 is 2.89 bits per heavy atom. The van der Waals surface area contributed by atoms with Crippen LogP contribution in [0.1, 0.15) is 16.3 Å². The number of nitrogens with zero attached hydrogens (tertiary/aromatic N) is 2. The van der Waals surface area contributed by atoms with E-state index in [1.54, 1.807) is 37.6 Å². The van der Waals surface area contributed by atoms with Crippen LogP contribution in [0.25, 0.3) is 0 Å². The lowest BCUT2D eigenvalue weighted by molar-refractivity contribution is 0.0926. The van der Waals surface area contributed by atoms with Gasteiger partial charge in [0.1, 0.15) is 11.6 Å². The average Bonchev–Trinajstić information content (AvgIpc) is 2.82. The van der Waals surface area contributed by atoms with E-state index in [1.165, 1.54) is 0 Å². The van der Waals surface area contributed by atoms with Crippen LogP contribution in [0.15, 0.2) is 35.1 Å². The summed E-state index contributed by atoms with van der Waals surface area (Å²) < 4.78 is 5.21. The van der Waals surface area contributed by atoms with E-state index in [0.29, 0.717) is 24.7 Å². The molecule has 0 fully saturated rings. The number of hydrogen-bond donors (Lipinski definition) is 2. The summed E-state index contributed by atoms with van der Waals surface area (Å²) in [6.07, 6.45) is 4.83. The Morgan fingerprint density at radius 1 is 1.33 bits per heavy atom. The molecule has 0 saturated carbocycles. The fourth-order valence-corrected chi connectivity index (χ4v) is 1.40. The van der Waals surface area contributed by atoms with Crippen molar-refractivity contribution in [2.24, 2.45) is 0 Å². The fourth-order valence-electron chi connectivity index (χ4n) is 1.40. The van der Waals surface area contributed by atoms with Crippen molar-refractivity contribution in [3.8, 4) is 0 Å². The largest absolute Gasteiger partial charge is 0.456 e. The molecule has 0 aliphatic heterocycles. The highest BCUT2D eigenvalue weighted by atomic mass is 16.3. The second-order valence-corrected chi connectivity index (χ2v) is 3.68. The Hall–Kier alpha value is -2.37. The maximum atomic E-state index is 11.6. The molecule has 0 aliphatic rings. The molecule has 94 valence electrons. The number of carbonyl (C=O) groups is 1. The summed E-state index contributed by atoms with van der Waals surface area (Å²) in [4.78, 5) is 19.6. The molecule has 0 spiro atoms. The molecule has 2 N–H and O–H groups in total. The first-order valence-corrected chi connectivity index (χ1v) is 5.60. The summed E-state index contributed by atoms with van der Waals surface area (Å²) in [5.74, 6) is 1.51.